The van der Waals surface area contributed by atoms with Gasteiger partial charge in [0.05, 0.1) is 11.4 Å². The van der Waals surface area contributed by atoms with Gasteiger partial charge in [0.1, 0.15) is 0 Å². The molecule has 51 heavy (non-hydrogen) atoms. The topological polar surface area (TPSA) is 12.9 Å². The van der Waals surface area contributed by atoms with E-state index >= 15 is 0 Å². The minimum Gasteiger partial charge on any atom is -0.248 e. The largest absolute Gasteiger partial charge is 0.248 e. The van der Waals surface area contributed by atoms with E-state index in [0.717, 1.165) is 28.1 Å². The minimum absolute atomic E-state index is 0.0691. The van der Waals surface area contributed by atoms with Crippen molar-refractivity contribution < 1.29 is 0 Å². The van der Waals surface area contributed by atoms with Crippen molar-refractivity contribution in [2.45, 2.75) is 19.3 Å². The lowest BCUT2D eigenvalue weighted by Crippen LogP contribution is -2.14. The van der Waals surface area contributed by atoms with E-state index in [1.807, 2.05) is 0 Å². The van der Waals surface area contributed by atoms with Gasteiger partial charge in [-0.2, -0.15) is 0 Å². The second-order valence-corrected chi connectivity index (χ2v) is 14.3. The van der Waals surface area contributed by atoms with Crippen molar-refractivity contribution >= 4 is 32.3 Å². The van der Waals surface area contributed by atoms with Gasteiger partial charge in [-0.05, 0) is 101 Å². The number of benzene rings is 8. The first-order valence-corrected chi connectivity index (χ1v) is 17.8. The Hall–Kier alpha value is -6.31. The number of aromatic nitrogens is 1. The SMILES string of the molecule is CC1(C)c2ccccc2-c2ccc(-c3cccc4c5ccccc5c5ccc(-c6cc(-c7ccccc7)cc(-c7ccccc7)n6)cc5c34)cc21. The number of rotatable bonds is 4. The van der Waals surface area contributed by atoms with Crippen molar-refractivity contribution in [1.29, 1.82) is 0 Å². The molecule has 0 unspecified atom stereocenters. The molecular weight excluding hydrogens is 615 g/mol. The molecule has 0 atom stereocenters. The molecule has 1 heterocycles. The van der Waals surface area contributed by atoms with Crippen LogP contribution in [0.15, 0.2) is 176 Å². The molecule has 9 aromatic rings. The summed E-state index contributed by atoms with van der Waals surface area (Å²) in [7, 11) is 0. The van der Waals surface area contributed by atoms with Gasteiger partial charge >= 0.3 is 0 Å². The van der Waals surface area contributed by atoms with Crippen LogP contribution in [0.3, 0.4) is 0 Å². The van der Waals surface area contributed by atoms with Crippen LogP contribution in [0.25, 0.3) is 88.2 Å². The molecule has 0 N–H and O–H groups in total. The smallest absolute Gasteiger partial charge is 0.0715 e. The Bertz CT molecular complexity index is 2750. The van der Waals surface area contributed by atoms with Gasteiger partial charge in [0.15, 0.2) is 0 Å². The average molecular weight is 650 g/mol. The first kappa shape index (κ1) is 29.6. The summed E-state index contributed by atoms with van der Waals surface area (Å²) in [6.07, 6.45) is 0. The molecule has 0 radical (unpaired) electrons. The summed E-state index contributed by atoms with van der Waals surface area (Å²) in [5.74, 6) is 0. The van der Waals surface area contributed by atoms with Gasteiger partial charge in [0.25, 0.3) is 0 Å². The highest BCUT2D eigenvalue weighted by atomic mass is 14.7. The van der Waals surface area contributed by atoms with E-state index < -0.39 is 0 Å². The summed E-state index contributed by atoms with van der Waals surface area (Å²) in [5, 5.41) is 7.60. The zero-order valence-corrected chi connectivity index (χ0v) is 28.7. The highest BCUT2D eigenvalue weighted by Gasteiger charge is 2.35. The van der Waals surface area contributed by atoms with E-state index in [1.54, 1.807) is 0 Å². The minimum atomic E-state index is -0.0691. The van der Waals surface area contributed by atoms with Crippen LogP contribution >= 0.6 is 0 Å². The molecule has 8 aromatic carbocycles. The highest BCUT2D eigenvalue weighted by Crippen LogP contribution is 2.50. The predicted molar refractivity (Wildman–Crippen MR) is 216 cm³/mol. The van der Waals surface area contributed by atoms with Crippen LogP contribution in [0.1, 0.15) is 25.0 Å². The van der Waals surface area contributed by atoms with Gasteiger partial charge < -0.3 is 0 Å². The Morgan fingerprint density at radius 2 is 0.902 bits per heavy atom. The first-order valence-electron chi connectivity index (χ1n) is 17.8. The fourth-order valence-corrected chi connectivity index (χ4v) is 8.51. The molecule has 0 saturated heterocycles. The van der Waals surface area contributed by atoms with Gasteiger partial charge in [0.2, 0.25) is 0 Å². The Morgan fingerprint density at radius 3 is 1.69 bits per heavy atom. The summed E-state index contributed by atoms with van der Waals surface area (Å²) < 4.78 is 0. The zero-order chi connectivity index (χ0) is 34.1. The van der Waals surface area contributed by atoms with E-state index in [1.165, 1.54) is 71.3 Å². The van der Waals surface area contributed by atoms with Gasteiger partial charge in [-0.3, -0.25) is 0 Å². The van der Waals surface area contributed by atoms with Crippen LogP contribution in [-0.4, -0.2) is 4.98 Å². The molecule has 0 aliphatic heterocycles. The maximum Gasteiger partial charge on any atom is 0.0715 e. The molecule has 0 fully saturated rings. The number of nitrogens with zero attached hydrogens (tertiary/aromatic N) is 1. The molecule has 1 aliphatic rings. The third-order valence-corrected chi connectivity index (χ3v) is 11.1. The Labute approximate surface area is 298 Å². The van der Waals surface area contributed by atoms with E-state index in [2.05, 4.69) is 190 Å². The molecule has 240 valence electrons. The molecule has 10 rings (SSSR count). The Morgan fingerprint density at radius 1 is 0.333 bits per heavy atom. The number of pyridine rings is 1. The summed E-state index contributed by atoms with van der Waals surface area (Å²) in [5.41, 5.74) is 14.4. The summed E-state index contributed by atoms with van der Waals surface area (Å²) in [6.45, 7) is 4.72. The molecule has 0 spiro atoms. The van der Waals surface area contributed by atoms with Crippen LogP contribution in [0.2, 0.25) is 0 Å². The standard InChI is InChI=1S/C50H35N/c1-50(2)45-23-12-11-20-41(45)42-27-24-34(29-46(42)50)37-21-13-22-43-39-19-10-9-18-38(39)40-26-25-35(28-44(40)49(37)43)48-31-36(32-14-5-3-6-15-32)30-47(51-48)33-16-7-4-8-17-33/h3-31H,1-2H3. The van der Waals surface area contributed by atoms with Gasteiger partial charge in [-0.1, -0.05) is 166 Å². The number of fused-ring (bicyclic) bond motifs is 9. The maximum absolute atomic E-state index is 5.30. The number of hydrogen-bond donors (Lipinski definition) is 0. The van der Waals surface area contributed by atoms with E-state index in [0.29, 0.717) is 0 Å². The highest BCUT2D eigenvalue weighted by molar-refractivity contribution is 6.28. The fourth-order valence-electron chi connectivity index (χ4n) is 8.51. The quantitative estimate of drug-likeness (QED) is 0.173. The summed E-state index contributed by atoms with van der Waals surface area (Å²) in [4.78, 5) is 5.30. The molecular formula is C50H35N. The number of hydrogen-bond acceptors (Lipinski definition) is 1. The second-order valence-electron chi connectivity index (χ2n) is 14.3. The van der Waals surface area contributed by atoms with E-state index in [4.69, 9.17) is 4.98 Å². The maximum atomic E-state index is 5.30. The van der Waals surface area contributed by atoms with Gasteiger partial charge in [-0.25, -0.2) is 4.98 Å². The predicted octanol–water partition coefficient (Wildman–Crippen LogP) is 13.5. The van der Waals surface area contributed by atoms with E-state index in [9.17, 15) is 0 Å². The molecule has 1 aromatic heterocycles. The fraction of sp³-hybridized carbons (Fsp3) is 0.0600. The normalized spacial score (nSPS) is 13.1. The second kappa shape index (κ2) is 11.4. The lowest BCUT2D eigenvalue weighted by Gasteiger charge is -2.22. The molecule has 1 nitrogen and oxygen atoms in total. The van der Waals surface area contributed by atoms with Crippen molar-refractivity contribution in [1.82, 2.24) is 4.98 Å². The molecule has 0 amide bonds. The van der Waals surface area contributed by atoms with Crippen LogP contribution < -0.4 is 0 Å². The molecule has 0 bridgehead atoms. The van der Waals surface area contributed by atoms with Crippen molar-refractivity contribution in [3.05, 3.63) is 187 Å². The molecule has 1 aliphatic carbocycles. The lowest BCUT2D eigenvalue weighted by atomic mass is 9.81. The van der Waals surface area contributed by atoms with Crippen molar-refractivity contribution in [2.24, 2.45) is 0 Å². The van der Waals surface area contributed by atoms with Crippen LogP contribution in [0.5, 0.6) is 0 Å². The van der Waals surface area contributed by atoms with Crippen LogP contribution in [0, 0.1) is 0 Å². The Kier molecular flexibility index (Phi) is 6.60. The van der Waals surface area contributed by atoms with E-state index in [-0.39, 0.29) is 5.41 Å². The average Bonchev–Trinajstić information content (AvgIpc) is 3.43. The van der Waals surface area contributed by atoms with Crippen molar-refractivity contribution in [3.8, 4) is 55.9 Å². The summed E-state index contributed by atoms with van der Waals surface area (Å²) >= 11 is 0. The third kappa shape index (κ3) is 4.66. The van der Waals surface area contributed by atoms with Crippen molar-refractivity contribution in [3.63, 3.8) is 0 Å². The molecule has 0 saturated carbocycles. The lowest BCUT2D eigenvalue weighted by molar-refractivity contribution is 0.660. The first-order chi connectivity index (χ1) is 25.0. The van der Waals surface area contributed by atoms with Crippen LogP contribution in [0.4, 0.5) is 0 Å². The zero-order valence-electron chi connectivity index (χ0n) is 28.7. The van der Waals surface area contributed by atoms with Crippen molar-refractivity contribution in [2.75, 3.05) is 0 Å². The third-order valence-electron chi connectivity index (χ3n) is 11.1. The Balaban J connectivity index is 1.24. The van der Waals surface area contributed by atoms with Gasteiger partial charge in [0, 0.05) is 16.5 Å². The molecule has 1 heteroatoms. The van der Waals surface area contributed by atoms with Crippen LogP contribution in [-0.2, 0) is 5.41 Å². The summed E-state index contributed by atoms with van der Waals surface area (Å²) in [6, 6.07) is 64.2. The van der Waals surface area contributed by atoms with Gasteiger partial charge in [-0.15, -0.1) is 0 Å². The monoisotopic (exact) mass is 649 g/mol.